The summed E-state index contributed by atoms with van der Waals surface area (Å²) in [5.74, 6) is -1.52. The van der Waals surface area contributed by atoms with Gasteiger partial charge in [-0.25, -0.2) is 8.42 Å². The number of nitrogens with one attached hydrogen (secondary N) is 1. The van der Waals surface area contributed by atoms with Gasteiger partial charge in [0.15, 0.2) is 9.84 Å². The molecule has 8 nitrogen and oxygen atoms in total. The fourth-order valence-electron chi connectivity index (χ4n) is 3.05. The minimum atomic E-state index is -3.67. The van der Waals surface area contributed by atoms with Crippen LogP contribution in [0.3, 0.4) is 0 Å². The summed E-state index contributed by atoms with van der Waals surface area (Å²) < 4.78 is 23.6. The molecule has 24 heavy (non-hydrogen) atoms. The summed E-state index contributed by atoms with van der Waals surface area (Å²) in [5.41, 5.74) is 0.313. The van der Waals surface area contributed by atoms with Gasteiger partial charge in [-0.05, 0) is 18.1 Å². The highest BCUT2D eigenvalue weighted by atomic mass is 32.2. The van der Waals surface area contributed by atoms with Gasteiger partial charge in [0.25, 0.3) is 5.91 Å². The maximum atomic E-state index is 12.7. The number of benzene rings is 1. The average Bonchev–Trinajstić information content (AvgIpc) is 2.82. The third kappa shape index (κ3) is 2.45. The lowest BCUT2D eigenvalue weighted by Crippen LogP contribution is -2.52. The van der Waals surface area contributed by atoms with Gasteiger partial charge in [-0.15, -0.1) is 0 Å². The Morgan fingerprint density at radius 2 is 2.00 bits per heavy atom. The molecular weight excluding hydrogens is 334 g/mol. The van der Waals surface area contributed by atoms with Crippen LogP contribution in [0.1, 0.15) is 34.3 Å². The second-order valence-corrected chi connectivity index (χ2v) is 7.74. The van der Waals surface area contributed by atoms with Gasteiger partial charge in [-0.1, -0.05) is 6.07 Å². The second-order valence-electron chi connectivity index (χ2n) is 5.76. The van der Waals surface area contributed by atoms with Crippen LogP contribution in [-0.4, -0.2) is 43.3 Å². The van der Waals surface area contributed by atoms with Crippen LogP contribution in [0, 0.1) is 11.3 Å². The van der Waals surface area contributed by atoms with E-state index in [-0.39, 0.29) is 35.4 Å². The number of carbonyl (C=O) groups excluding carboxylic acids is 3. The van der Waals surface area contributed by atoms with Crippen LogP contribution in [0.4, 0.5) is 0 Å². The number of rotatable bonds is 2. The molecule has 1 N–H and O–H groups in total. The van der Waals surface area contributed by atoms with Crippen molar-refractivity contribution in [3.63, 3.8) is 0 Å². The molecule has 0 bridgehead atoms. The first-order valence-corrected chi connectivity index (χ1v) is 9.04. The van der Waals surface area contributed by atoms with Crippen molar-refractivity contribution in [2.45, 2.75) is 30.3 Å². The maximum absolute atomic E-state index is 12.7. The molecule has 0 saturated carbocycles. The standard InChI is InChI=1S/C15H13N3O5S/c1-24(22,23)11-4-2-8-7-18(15(21)13(8)9(11)6-16)10-3-5-12(19)17-14(10)20/h2,4,10H,3,5,7H2,1H3,(H,17,19,20). The summed E-state index contributed by atoms with van der Waals surface area (Å²) in [4.78, 5) is 37.0. The Labute approximate surface area is 138 Å². The Morgan fingerprint density at radius 3 is 2.58 bits per heavy atom. The van der Waals surface area contributed by atoms with E-state index in [0.29, 0.717) is 5.56 Å². The summed E-state index contributed by atoms with van der Waals surface area (Å²) in [5, 5.41) is 11.5. The number of carbonyl (C=O) groups is 3. The van der Waals surface area contributed by atoms with Gasteiger partial charge in [0.2, 0.25) is 11.8 Å². The SMILES string of the molecule is CS(=O)(=O)c1ccc2c(c1C#N)C(=O)N(C1CCC(=O)NC1=O)C2. The molecule has 1 aromatic rings. The lowest BCUT2D eigenvalue weighted by atomic mass is 10.0. The minimum absolute atomic E-state index is 0.0186. The fourth-order valence-corrected chi connectivity index (χ4v) is 3.89. The highest BCUT2D eigenvalue weighted by molar-refractivity contribution is 7.90. The number of hydrogen-bond donors (Lipinski definition) is 1. The first kappa shape index (κ1) is 16.1. The molecule has 0 aliphatic carbocycles. The molecule has 2 aliphatic heterocycles. The predicted molar refractivity (Wildman–Crippen MR) is 80.3 cm³/mol. The Hall–Kier alpha value is -2.73. The predicted octanol–water partition coefficient (Wildman–Crippen LogP) is -0.277. The Kier molecular flexibility index (Phi) is 3.64. The number of hydrogen-bond acceptors (Lipinski definition) is 6. The Bertz CT molecular complexity index is 929. The van der Waals surface area contributed by atoms with E-state index in [4.69, 9.17) is 0 Å². The molecule has 1 fully saturated rings. The molecule has 0 aromatic heterocycles. The lowest BCUT2D eigenvalue weighted by Gasteiger charge is -2.29. The summed E-state index contributed by atoms with van der Waals surface area (Å²) in [7, 11) is -3.67. The van der Waals surface area contributed by atoms with E-state index in [1.807, 2.05) is 0 Å². The topological polar surface area (TPSA) is 124 Å². The van der Waals surface area contributed by atoms with Gasteiger partial charge >= 0.3 is 0 Å². The number of fused-ring (bicyclic) bond motifs is 1. The van der Waals surface area contributed by atoms with E-state index in [2.05, 4.69) is 5.32 Å². The number of nitrogens with zero attached hydrogens (tertiary/aromatic N) is 2. The van der Waals surface area contributed by atoms with Gasteiger partial charge < -0.3 is 4.90 Å². The molecular formula is C15H13N3O5S. The van der Waals surface area contributed by atoms with Crippen molar-refractivity contribution in [2.24, 2.45) is 0 Å². The van der Waals surface area contributed by atoms with E-state index in [1.165, 1.54) is 17.0 Å². The van der Waals surface area contributed by atoms with Crippen molar-refractivity contribution in [2.75, 3.05) is 6.26 Å². The molecule has 0 spiro atoms. The third-order valence-corrected chi connectivity index (χ3v) is 5.31. The van der Waals surface area contributed by atoms with Gasteiger partial charge in [0, 0.05) is 19.2 Å². The van der Waals surface area contributed by atoms with Crippen LogP contribution >= 0.6 is 0 Å². The van der Waals surface area contributed by atoms with Gasteiger partial charge in [0.1, 0.15) is 12.1 Å². The van der Waals surface area contributed by atoms with E-state index < -0.39 is 33.6 Å². The van der Waals surface area contributed by atoms with E-state index in [1.54, 1.807) is 6.07 Å². The van der Waals surface area contributed by atoms with Crippen LogP contribution in [-0.2, 0) is 26.0 Å². The van der Waals surface area contributed by atoms with Crippen LogP contribution in [0.2, 0.25) is 0 Å². The fraction of sp³-hybridized carbons (Fsp3) is 0.333. The number of amides is 3. The number of nitriles is 1. The Balaban J connectivity index is 2.04. The number of sulfone groups is 1. The van der Waals surface area contributed by atoms with Gasteiger partial charge in [-0.2, -0.15) is 5.26 Å². The molecule has 2 aliphatic rings. The van der Waals surface area contributed by atoms with Crippen molar-refractivity contribution in [3.05, 3.63) is 28.8 Å². The zero-order valence-corrected chi connectivity index (χ0v) is 13.5. The molecule has 3 amide bonds. The first-order valence-electron chi connectivity index (χ1n) is 7.14. The molecule has 9 heteroatoms. The van der Waals surface area contributed by atoms with Crippen molar-refractivity contribution in [1.29, 1.82) is 5.26 Å². The van der Waals surface area contributed by atoms with Gasteiger partial charge in [0.05, 0.1) is 16.0 Å². The van der Waals surface area contributed by atoms with E-state index in [0.717, 1.165) is 6.26 Å². The second kappa shape index (κ2) is 5.42. The van der Waals surface area contributed by atoms with E-state index in [9.17, 15) is 28.1 Å². The smallest absolute Gasteiger partial charge is 0.256 e. The molecule has 0 radical (unpaired) electrons. The monoisotopic (exact) mass is 347 g/mol. The Morgan fingerprint density at radius 1 is 1.29 bits per heavy atom. The summed E-state index contributed by atoms with van der Waals surface area (Å²) in [6.45, 7) is 0.0964. The molecule has 1 unspecified atom stereocenters. The highest BCUT2D eigenvalue weighted by Gasteiger charge is 2.41. The minimum Gasteiger partial charge on any atom is -0.322 e. The first-order chi connectivity index (χ1) is 11.2. The van der Waals surface area contributed by atoms with E-state index >= 15 is 0 Å². The highest BCUT2D eigenvalue weighted by Crippen LogP contribution is 2.32. The lowest BCUT2D eigenvalue weighted by molar-refractivity contribution is -0.136. The normalized spacial score (nSPS) is 20.6. The maximum Gasteiger partial charge on any atom is 0.256 e. The van der Waals surface area contributed by atoms with Crippen molar-refractivity contribution < 1.29 is 22.8 Å². The summed E-state index contributed by atoms with van der Waals surface area (Å²) in [6, 6.07) is 3.77. The molecule has 2 heterocycles. The van der Waals surface area contributed by atoms with Gasteiger partial charge in [-0.3, -0.25) is 19.7 Å². The number of imide groups is 1. The van der Waals surface area contributed by atoms with Crippen molar-refractivity contribution in [3.8, 4) is 6.07 Å². The van der Waals surface area contributed by atoms with Crippen molar-refractivity contribution in [1.82, 2.24) is 10.2 Å². The van der Waals surface area contributed by atoms with Crippen LogP contribution in [0.25, 0.3) is 0 Å². The van der Waals surface area contributed by atoms with Crippen LogP contribution in [0.5, 0.6) is 0 Å². The van der Waals surface area contributed by atoms with Crippen LogP contribution < -0.4 is 5.32 Å². The zero-order valence-electron chi connectivity index (χ0n) is 12.7. The van der Waals surface area contributed by atoms with Crippen LogP contribution in [0.15, 0.2) is 17.0 Å². The molecule has 1 aromatic carbocycles. The zero-order chi connectivity index (χ0) is 17.6. The summed E-state index contributed by atoms with van der Waals surface area (Å²) >= 11 is 0. The molecule has 1 saturated heterocycles. The average molecular weight is 347 g/mol. The molecule has 1 atom stereocenters. The number of piperidine rings is 1. The third-order valence-electron chi connectivity index (χ3n) is 4.17. The molecule has 124 valence electrons. The van der Waals surface area contributed by atoms with Crippen molar-refractivity contribution >= 4 is 27.6 Å². The largest absolute Gasteiger partial charge is 0.322 e. The molecule has 3 rings (SSSR count). The summed E-state index contributed by atoms with van der Waals surface area (Å²) in [6.07, 6.45) is 1.29. The quantitative estimate of drug-likeness (QED) is 0.734.